The summed E-state index contributed by atoms with van der Waals surface area (Å²) in [5.74, 6) is -1.96. The maximum absolute atomic E-state index is 13.7. The number of hydrogen-bond donors (Lipinski definition) is 0. The van der Waals surface area contributed by atoms with E-state index in [1.165, 1.54) is 41.8 Å². The van der Waals surface area contributed by atoms with E-state index in [1.807, 2.05) is 6.92 Å². The van der Waals surface area contributed by atoms with E-state index in [0.717, 1.165) is 5.56 Å². The summed E-state index contributed by atoms with van der Waals surface area (Å²) in [7, 11) is -3.96. The predicted molar refractivity (Wildman–Crippen MR) is 182 cm³/mol. The van der Waals surface area contributed by atoms with Crippen LogP contribution in [0.5, 0.6) is 6.01 Å². The number of carbonyl (C=O) groups is 3. The molecular formula is C33H31Cl2N5O10S. The fraction of sp³-hybridized carbons (Fsp3) is 0.333. The first-order valence-electron chi connectivity index (χ1n) is 15.5. The van der Waals surface area contributed by atoms with Gasteiger partial charge in [-0.15, -0.1) is 0 Å². The number of ether oxygens (including phenoxy) is 5. The van der Waals surface area contributed by atoms with Crippen molar-refractivity contribution in [2.24, 2.45) is 0 Å². The minimum atomic E-state index is -3.96. The average Bonchev–Trinajstić information content (AvgIpc) is 3.74. The third kappa shape index (κ3) is 7.49. The van der Waals surface area contributed by atoms with Crippen LogP contribution in [0.3, 0.4) is 0 Å². The van der Waals surface area contributed by atoms with Gasteiger partial charge in [-0.05, 0) is 36.8 Å². The van der Waals surface area contributed by atoms with Crippen molar-refractivity contribution in [3.63, 3.8) is 0 Å². The third-order valence-electron chi connectivity index (χ3n) is 7.97. The molecule has 0 radical (unpaired) electrons. The molecular weight excluding hydrogens is 729 g/mol. The predicted octanol–water partition coefficient (Wildman–Crippen LogP) is 4.58. The Morgan fingerprint density at radius 1 is 0.941 bits per heavy atom. The Hall–Kier alpha value is -4.77. The van der Waals surface area contributed by atoms with Crippen molar-refractivity contribution in [1.82, 2.24) is 23.5 Å². The van der Waals surface area contributed by atoms with Crippen LogP contribution in [-0.2, 0) is 49.8 Å². The zero-order valence-corrected chi connectivity index (χ0v) is 29.9. The quantitative estimate of drug-likeness (QED) is 0.104. The molecule has 18 heteroatoms. The van der Waals surface area contributed by atoms with Crippen LogP contribution in [0.2, 0.25) is 10.2 Å². The van der Waals surface area contributed by atoms with Crippen LogP contribution in [0.15, 0.2) is 59.9 Å². The average molecular weight is 761 g/mol. The number of carbonyl (C=O) groups excluding carboxylic acids is 3. The molecule has 0 spiro atoms. The first-order chi connectivity index (χ1) is 24.2. The van der Waals surface area contributed by atoms with Gasteiger partial charge in [0.1, 0.15) is 18.2 Å². The van der Waals surface area contributed by atoms with Gasteiger partial charge in [0.25, 0.3) is 10.0 Å². The second-order valence-corrected chi connectivity index (χ2v) is 14.3. The van der Waals surface area contributed by atoms with Crippen LogP contribution in [0.1, 0.15) is 38.1 Å². The molecule has 6 rings (SSSR count). The summed E-state index contributed by atoms with van der Waals surface area (Å²) in [6.07, 6.45) is -1.37. The number of benzene rings is 2. The molecule has 0 unspecified atom stereocenters. The summed E-state index contributed by atoms with van der Waals surface area (Å²) in [6.45, 7) is 5.16. The summed E-state index contributed by atoms with van der Waals surface area (Å²) in [5, 5.41) is 0.974. The fourth-order valence-electron chi connectivity index (χ4n) is 5.74. The molecule has 0 amide bonds. The first kappa shape index (κ1) is 36.0. The monoisotopic (exact) mass is 759 g/mol. The van der Waals surface area contributed by atoms with Gasteiger partial charge in [-0.1, -0.05) is 47.0 Å². The third-order valence-corrected chi connectivity index (χ3v) is 10.2. The van der Waals surface area contributed by atoms with Crippen LogP contribution >= 0.6 is 23.2 Å². The van der Waals surface area contributed by atoms with Gasteiger partial charge < -0.3 is 23.7 Å². The van der Waals surface area contributed by atoms with Gasteiger partial charge in [0.2, 0.25) is 0 Å². The van der Waals surface area contributed by atoms with Gasteiger partial charge in [0, 0.05) is 43.8 Å². The Labute approximate surface area is 301 Å². The van der Waals surface area contributed by atoms with Crippen LogP contribution in [-0.4, -0.2) is 81.3 Å². The molecule has 4 atom stereocenters. The number of aromatic nitrogens is 5. The largest absolute Gasteiger partial charge is 0.463 e. The highest BCUT2D eigenvalue weighted by molar-refractivity contribution is 7.90. The minimum absolute atomic E-state index is 0.0112. The Morgan fingerprint density at radius 3 is 2.33 bits per heavy atom. The van der Waals surface area contributed by atoms with Crippen LogP contribution < -0.4 is 4.74 Å². The Balaban J connectivity index is 1.28. The molecule has 1 aliphatic rings. The number of fused-ring (bicyclic) bond motifs is 2. The van der Waals surface area contributed by atoms with Gasteiger partial charge in [0.05, 0.1) is 23.3 Å². The fourth-order valence-corrected chi connectivity index (χ4v) is 7.50. The molecule has 1 saturated heterocycles. The minimum Gasteiger partial charge on any atom is -0.463 e. The number of hydrogen-bond acceptors (Lipinski definition) is 13. The second kappa shape index (κ2) is 14.5. The van der Waals surface area contributed by atoms with Gasteiger partial charge in [0.15, 0.2) is 29.2 Å². The number of rotatable bonds is 11. The lowest BCUT2D eigenvalue weighted by Gasteiger charge is -2.23. The molecule has 3 aromatic heterocycles. The molecule has 1 fully saturated rings. The zero-order chi connectivity index (χ0) is 36.6. The highest BCUT2D eigenvalue weighted by Gasteiger charge is 2.51. The van der Waals surface area contributed by atoms with E-state index in [1.54, 1.807) is 42.5 Å². The molecule has 15 nitrogen and oxygen atoms in total. The SMILES string of the molecule is CC(=O)OC[C@H]1O[C@@H](n2cnc3c(Cl)nc(OCCc4cn(S(=O)(=O)c5ccc(C)cc5)c5cc(Cl)ccc45)nc32)[C@H](OC(C)=O)[C@@H]1OC(C)=O. The maximum Gasteiger partial charge on any atom is 0.319 e. The normalized spacial score (nSPS) is 18.9. The van der Waals surface area contributed by atoms with Crippen molar-refractivity contribution in [3.8, 4) is 6.01 Å². The second-order valence-electron chi connectivity index (χ2n) is 11.7. The van der Waals surface area contributed by atoms with E-state index in [2.05, 4.69) is 15.0 Å². The van der Waals surface area contributed by atoms with E-state index in [-0.39, 0.29) is 46.9 Å². The smallest absolute Gasteiger partial charge is 0.319 e. The van der Waals surface area contributed by atoms with Crippen molar-refractivity contribution < 1.29 is 46.5 Å². The lowest BCUT2D eigenvalue weighted by molar-refractivity contribution is -0.166. The zero-order valence-electron chi connectivity index (χ0n) is 27.6. The highest BCUT2D eigenvalue weighted by Crippen LogP contribution is 2.37. The van der Waals surface area contributed by atoms with Gasteiger partial charge in [-0.25, -0.2) is 17.4 Å². The molecule has 0 bridgehead atoms. The Bertz CT molecular complexity index is 2260. The Kier molecular flexibility index (Phi) is 10.2. The highest BCUT2D eigenvalue weighted by atomic mass is 35.5. The van der Waals surface area contributed by atoms with E-state index >= 15 is 0 Å². The van der Waals surface area contributed by atoms with Crippen LogP contribution in [0.4, 0.5) is 0 Å². The molecule has 0 N–H and O–H groups in total. The summed E-state index contributed by atoms with van der Waals surface area (Å²) in [6, 6.07) is 11.4. The van der Waals surface area contributed by atoms with E-state index < -0.39 is 52.5 Å². The van der Waals surface area contributed by atoms with Crippen molar-refractivity contribution in [2.75, 3.05) is 13.2 Å². The van der Waals surface area contributed by atoms with Gasteiger partial charge >= 0.3 is 23.9 Å². The van der Waals surface area contributed by atoms with Crippen molar-refractivity contribution in [1.29, 1.82) is 0 Å². The van der Waals surface area contributed by atoms with E-state index in [0.29, 0.717) is 21.5 Å². The molecule has 0 saturated carbocycles. The molecule has 5 aromatic rings. The van der Waals surface area contributed by atoms with E-state index in [4.69, 9.17) is 46.9 Å². The molecule has 1 aliphatic heterocycles. The van der Waals surface area contributed by atoms with Crippen LogP contribution in [0, 0.1) is 6.92 Å². The summed E-state index contributed by atoms with van der Waals surface area (Å²) in [4.78, 5) is 48.8. The van der Waals surface area contributed by atoms with Crippen LogP contribution in [0.25, 0.3) is 22.1 Å². The number of halogens is 2. The standard InChI is InChI=1S/C33H31Cl2N5O10S/c1-17-5-8-23(9-6-17)51(44,45)40-14-21(24-10-7-22(34)13-25(24)40)11-12-46-33-37-30(35)27-31(38-33)39(16-36-27)32-29(49-20(4)43)28(48-19(3)42)26(50-32)15-47-18(2)41/h5-10,13-14,16,26,28-29,32H,11-12,15H2,1-4H3/t26-,28-,29-,32-/m1/s1. The lowest BCUT2D eigenvalue weighted by Crippen LogP contribution is -2.40. The summed E-state index contributed by atoms with van der Waals surface area (Å²) < 4.78 is 58.1. The first-order valence-corrected chi connectivity index (χ1v) is 17.7. The number of esters is 3. The van der Waals surface area contributed by atoms with Crippen molar-refractivity contribution >= 4 is 73.2 Å². The van der Waals surface area contributed by atoms with Crippen molar-refractivity contribution in [3.05, 3.63) is 76.3 Å². The topological polar surface area (TPSA) is 180 Å². The Morgan fingerprint density at radius 2 is 1.65 bits per heavy atom. The molecule has 0 aliphatic carbocycles. The summed E-state index contributed by atoms with van der Waals surface area (Å²) >= 11 is 12.8. The lowest BCUT2D eigenvalue weighted by atomic mass is 10.1. The van der Waals surface area contributed by atoms with Gasteiger partial charge in [-0.2, -0.15) is 9.97 Å². The number of imidazole rings is 1. The molecule has 268 valence electrons. The maximum atomic E-state index is 13.7. The van der Waals surface area contributed by atoms with Crippen molar-refractivity contribution in [2.45, 2.75) is 63.6 Å². The van der Waals surface area contributed by atoms with E-state index in [9.17, 15) is 22.8 Å². The van der Waals surface area contributed by atoms with Gasteiger partial charge in [-0.3, -0.25) is 19.0 Å². The summed E-state index contributed by atoms with van der Waals surface area (Å²) in [5.41, 5.74) is 2.29. The number of aryl methyl sites for hydroxylation is 1. The molecule has 2 aromatic carbocycles. The molecule has 4 heterocycles. The number of nitrogens with zero attached hydrogens (tertiary/aromatic N) is 5. The molecule has 51 heavy (non-hydrogen) atoms.